The molecule has 160 valence electrons. The van der Waals surface area contributed by atoms with Gasteiger partial charge in [-0.25, -0.2) is 0 Å². The first kappa shape index (κ1) is 20.8. The Balaban J connectivity index is 1.61. The van der Waals surface area contributed by atoms with Crippen molar-refractivity contribution in [1.29, 1.82) is 0 Å². The van der Waals surface area contributed by atoms with Gasteiger partial charge in [0.25, 0.3) is 0 Å². The second-order valence-corrected chi connectivity index (χ2v) is 10.2. The van der Waals surface area contributed by atoms with Gasteiger partial charge in [-0.2, -0.15) is 0 Å². The lowest BCUT2D eigenvalue weighted by atomic mass is 9.88. The smallest absolute Gasteiger partial charge is 0.0393 e. The number of thiophene rings is 1. The van der Waals surface area contributed by atoms with Gasteiger partial charge in [0.2, 0.25) is 0 Å². The summed E-state index contributed by atoms with van der Waals surface area (Å²) in [5.74, 6) is 0.597. The highest BCUT2D eigenvalue weighted by atomic mass is 32.1. The number of aryl methyl sites for hydroxylation is 1. The molecule has 0 fully saturated rings. The monoisotopic (exact) mass is 426 g/mol. The van der Waals surface area contributed by atoms with Crippen LogP contribution in [0, 0.1) is 0 Å². The molecule has 0 N–H and O–H groups in total. The molecule has 1 heteroatoms. The Kier molecular flexibility index (Phi) is 6.14. The zero-order chi connectivity index (χ0) is 21.2. The molecule has 1 heterocycles. The SMILES string of the molecule is CCCCCCc1csc2c1C(CCCCC)c1ccc3cc4ccccc4cc3c1-2. The molecule has 31 heavy (non-hydrogen) atoms. The Morgan fingerprint density at radius 2 is 1.55 bits per heavy atom. The zero-order valence-electron chi connectivity index (χ0n) is 19.0. The van der Waals surface area contributed by atoms with Gasteiger partial charge in [-0.3, -0.25) is 0 Å². The van der Waals surface area contributed by atoms with E-state index in [-0.39, 0.29) is 0 Å². The molecule has 0 saturated carbocycles. The minimum Gasteiger partial charge on any atom is -0.143 e. The summed E-state index contributed by atoms with van der Waals surface area (Å²) in [6.45, 7) is 4.62. The molecule has 0 bridgehead atoms. The fourth-order valence-corrected chi connectivity index (χ4v) is 6.79. The van der Waals surface area contributed by atoms with E-state index >= 15 is 0 Å². The van der Waals surface area contributed by atoms with Crippen molar-refractivity contribution in [2.75, 3.05) is 0 Å². The maximum atomic E-state index is 2.49. The molecule has 1 aliphatic carbocycles. The van der Waals surface area contributed by atoms with E-state index in [1.54, 1.807) is 27.1 Å². The van der Waals surface area contributed by atoms with Gasteiger partial charge in [0.15, 0.2) is 0 Å². The first-order valence-corrected chi connectivity index (χ1v) is 13.3. The van der Waals surface area contributed by atoms with Crippen LogP contribution in [0.25, 0.3) is 32.0 Å². The van der Waals surface area contributed by atoms with Crippen molar-refractivity contribution in [3.05, 3.63) is 70.6 Å². The van der Waals surface area contributed by atoms with Gasteiger partial charge in [0.1, 0.15) is 0 Å². The van der Waals surface area contributed by atoms with Crippen LogP contribution >= 0.6 is 11.3 Å². The first-order chi connectivity index (χ1) is 15.3. The number of rotatable bonds is 9. The second-order valence-electron chi connectivity index (χ2n) is 9.31. The maximum absolute atomic E-state index is 2.49. The Hall–Kier alpha value is -2.12. The fraction of sp³-hybridized carbons (Fsp3) is 0.400. The maximum Gasteiger partial charge on any atom is 0.0393 e. The molecule has 0 spiro atoms. The third-order valence-electron chi connectivity index (χ3n) is 7.17. The van der Waals surface area contributed by atoms with Crippen molar-refractivity contribution in [1.82, 2.24) is 0 Å². The minimum absolute atomic E-state index is 0.597. The summed E-state index contributed by atoms with van der Waals surface area (Å²) in [6, 6.07) is 18.5. The van der Waals surface area contributed by atoms with E-state index < -0.39 is 0 Å². The van der Waals surface area contributed by atoms with Crippen LogP contribution < -0.4 is 0 Å². The molecular formula is C30H34S. The van der Waals surface area contributed by atoms with E-state index in [1.807, 2.05) is 11.3 Å². The summed E-state index contributed by atoms with van der Waals surface area (Å²) in [6.07, 6.45) is 11.9. The average Bonchev–Trinajstić information content (AvgIpc) is 3.34. The van der Waals surface area contributed by atoms with Gasteiger partial charge in [0.05, 0.1) is 0 Å². The molecule has 0 aliphatic heterocycles. The Morgan fingerprint density at radius 1 is 0.774 bits per heavy atom. The molecule has 1 atom stereocenters. The summed E-state index contributed by atoms with van der Waals surface area (Å²) in [5, 5.41) is 8.03. The van der Waals surface area contributed by atoms with Crippen LogP contribution in [0.4, 0.5) is 0 Å². The van der Waals surface area contributed by atoms with Crippen LogP contribution in [-0.4, -0.2) is 0 Å². The Bertz CT molecular complexity index is 1200. The molecular weight excluding hydrogens is 392 g/mol. The number of hydrogen-bond acceptors (Lipinski definition) is 1. The fourth-order valence-electron chi connectivity index (χ4n) is 5.54. The van der Waals surface area contributed by atoms with Crippen molar-refractivity contribution < 1.29 is 0 Å². The van der Waals surface area contributed by atoms with E-state index in [9.17, 15) is 0 Å². The molecule has 5 rings (SSSR count). The van der Waals surface area contributed by atoms with Gasteiger partial charge in [-0.15, -0.1) is 11.3 Å². The highest BCUT2D eigenvalue weighted by molar-refractivity contribution is 7.14. The molecule has 0 radical (unpaired) electrons. The zero-order valence-corrected chi connectivity index (χ0v) is 19.9. The summed E-state index contributed by atoms with van der Waals surface area (Å²) < 4.78 is 0. The summed E-state index contributed by atoms with van der Waals surface area (Å²) >= 11 is 2.01. The van der Waals surface area contributed by atoms with Gasteiger partial charge in [-0.05, 0) is 75.0 Å². The van der Waals surface area contributed by atoms with Crippen LogP contribution in [0.3, 0.4) is 0 Å². The number of hydrogen-bond donors (Lipinski definition) is 0. The molecule has 1 unspecified atom stereocenters. The minimum atomic E-state index is 0.597. The van der Waals surface area contributed by atoms with Crippen LogP contribution in [0.2, 0.25) is 0 Å². The molecule has 1 aromatic heterocycles. The summed E-state index contributed by atoms with van der Waals surface area (Å²) in [7, 11) is 0. The third kappa shape index (κ3) is 3.82. The lowest BCUT2D eigenvalue weighted by Crippen LogP contribution is -2.00. The highest BCUT2D eigenvalue weighted by Gasteiger charge is 2.33. The molecule has 0 saturated heterocycles. The molecule has 3 aromatic carbocycles. The van der Waals surface area contributed by atoms with E-state index in [4.69, 9.17) is 0 Å². The van der Waals surface area contributed by atoms with Crippen molar-refractivity contribution in [2.24, 2.45) is 0 Å². The van der Waals surface area contributed by atoms with Crippen LogP contribution in [-0.2, 0) is 6.42 Å². The van der Waals surface area contributed by atoms with Crippen molar-refractivity contribution >= 4 is 32.9 Å². The average molecular weight is 427 g/mol. The normalized spacial score (nSPS) is 15.0. The van der Waals surface area contributed by atoms with E-state index in [2.05, 4.69) is 67.8 Å². The van der Waals surface area contributed by atoms with E-state index in [0.29, 0.717) is 5.92 Å². The Morgan fingerprint density at radius 3 is 2.35 bits per heavy atom. The van der Waals surface area contributed by atoms with Crippen molar-refractivity contribution in [2.45, 2.75) is 77.6 Å². The summed E-state index contributed by atoms with van der Waals surface area (Å²) in [5.41, 5.74) is 6.47. The topological polar surface area (TPSA) is 0 Å². The van der Waals surface area contributed by atoms with Gasteiger partial charge in [-0.1, -0.05) is 88.8 Å². The van der Waals surface area contributed by atoms with Gasteiger partial charge >= 0.3 is 0 Å². The van der Waals surface area contributed by atoms with Crippen LogP contribution in [0.5, 0.6) is 0 Å². The molecule has 0 amide bonds. The van der Waals surface area contributed by atoms with Crippen molar-refractivity contribution in [3.8, 4) is 10.4 Å². The van der Waals surface area contributed by atoms with Gasteiger partial charge < -0.3 is 0 Å². The van der Waals surface area contributed by atoms with E-state index in [0.717, 1.165) is 0 Å². The molecule has 4 aromatic rings. The van der Waals surface area contributed by atoms with E-state index in [1.165, 1.54) is 79.3 Å². The van der Waals surface area contributed by atoms with Crippen LogP contribution in [0.15, 0.2) is 53.9 Å². The predicted molar refractivity (Wildman–Crippen MR) is 139 cm³/mol. The number of fused-ring (bicyclic) bond motifs is 6. The lowest BCUT2D eigenvalue weighted by molar-refractivity contribution is 0.618. The molecule has 1 aliphatic rings. The lowest BCUT2D eigenvalue weighted by Gasteiger charge is -2.16. The quantitative estimate of drug-likeness (QED) is 0.184. The summed E-state index contributed by atoms with van der Waals surface area (Å²) in [4.78, 5) is 1.57. The van der Waals surface area contributed by atoms with Crippen molar-refractivity contribution in [3.63, 3.8) is 0 Å². The highest BCUT2D eigenvalue weighted by Crippen LogP contribution is 2.54. The standard InChI is InChI=1S/C30H34S/c1-3-5-7-9-14-24-20-31-30-28(24)25(15-8-6-4-2)26-17-16-23-18-21-12-10-11-13-22(21)19-27(23)29(26)30/h10-13,16-20,25H,3-9,14-15H2,1-2H3. The number of benzene rings is 3. The molecule has 0 nitrogen and oxygen atoms in total. The number of unbranched alkanes of at least 4 members (excludes halogenated alkanes) is 5. The Labute approximate surface area is 191 Å². The van der Waals surface area contributed by atoms with Crippen LogP contribution in [0.1, 0.15) is 87.8 Å². The predicted octanol–water partition coefficient (Wildman–Crippen LogP) is 9.87. The third-order valence-corrected chi connectivity index (χ3v) is 8.24. The van der Waals surface area contributed by atoms with Gasteiger partial charge in [0, 0.05) is 16.4 Å². The first-order valence-electron chi connectivity index (χ1n) is 12.4. The second kappa shape index (κ2) is 9.17. The largest absolute Gasteiger partial charge is 0.143 e.